The number of halogens is 2. The topological polar surface area (TPSA) is 36.4 Å². The van der Waals surface area contributed by atoms with E-state index in [2.05, 4.69) is 4.98 Å². The molecular weight excluding hydrogens is 285 g/mol. The quantitative estimate of drug-likeness (QED) is 0.842. The van der Waals surface area contributed by atoms with Crippen molar-refractivity contribution >= 4 is 34.9 Å². The molecule has 2 aliphatic heterocycles. The van der Waals surface area contributed by atoms with E-state index in [1.165, 1.54) is 0 Å². The average Bonchev–Trinajstić information content (AvgIpc) is 2.83. The van der Waals surface area contributed by atoms with Gasteiger partial charge in [-0.15, -0.1) is 0 Å². The van der Waals surface area contributed by atoms with Crippen molar-refractivity contribution < 1.29 is 4.79 Å². The third kappa shape index (κ3) is 2.51. The second-order valence-electron chi connectivity index (χ2n) is 5.09. The molecule has 3 rings (SSSR count). The molecule has 0 saturated carbocycles. The lowest BCUT2D eigenvalue weighted by atomic mass is 9.98. The SMILES string of the molecule is O=C(C1CN(c2ncc(Cl)cc2Cl)C1)N1CCCC1. The fraction of sp³-hybridized carbons (Fsp3) is 0.538. The Morgan fingerprint density at radius 1 is 1.26 bits per heavy atom. The van der Waals surface area contributed by atoms with Crippen LogP contribution in [-0.4, -0.2) is 42.0 Å². The number of hydrogen-bond donors (Lipinski definition) is 0. The molecule has 1 aromatic heterocycles. The summed E-state index contributed by atoms with van der Waals surface area (Å²) in [6.07, 6.45) is 3.85. The number of rotatable bonds is 2. The Labute approximate surface area is 122 Å². The van der Waals surface area contributed by atoms with Gasteiger partial charge in [0.25, 0.3) is 0 Å². The average molecular weight is 300 g/mol. The minimum atomic E-state index is 0.0895. The molecule has 0 spiro atoms. The molecule has 1 amide bonds. The van der Waals surface area contributed by atoms with Crippen LogP contribution >= 0.6 is 23.2 Å². The van der Waals surface area contributed by atoms with Gasteiger partial charge in [0, 0.05) is 32.4 Å². The van der Waals surface area contributed by atoms with Crippen LogP contribution in [0.5, 0.6) is 0 Å². The molecule has 19 heavy (non-hydrogen) atoms. The molecule has 0 N–H and O–H groups in total. The summed E-state index contributed by atoms with van der Waals surface area (Å²) in [5.41, 5.74) is 0. The van der Waals surface area contributed by atoms with Crippen LogP contribution in [0.1, 0.15) is 12.8 Å². The van der Waals surface area contributed by atoms with Gasteiger partial charge in [-0.3, -0.25) is 4.79 Å². The van der Waals surface area contributed by atoms with E-state index in [9.17, 15) is 4.79 Å². The van der Waals surface area contributed by atoms with Crippen molar-refractivity contribution in [2.75, 3.05) is 31.1 Å². The maximum Gasteiger partial charge on any atom is 0.229 e. The Morgan fingerprint density at radius 2 is 1.95 bits per heavy atom. The number of nitrogens with zero attached hydrogens (tertiary/aromatic N) is 3. The minimum Gasteiger partial charge on any atom is -0.354 e. The van der Waals surface area contributed by atoms with Gasteiger partial charge in [0.05, 0.1) is 16.0 Å². The molecule has 102 valence electrons. The molecule has 0 atom stereocenters. The monoisotopic (exact) mass is 299 g/mol. The molecule has 0 bridgehead atoms. The molecule has 1 aromatic rings. The number of hydrogen-bond acceptors (Lipinski definition) is 3. The van der Waals surface area contributed by atoms with Gasteiger partial charge in [-0.25, -0.2) is 4.98 Å². The lowest BCUT2D eigenvalue weighted by Crippen LogP contribution is -2.54. The summed E-state index contributed by atoms with van der Waals surface area (Å²) >= 11 is 11.9. The zero-order valence-electron chi connectivity index (χ0n) is 10.5. The van der Waals surface area contributed by atoms with Gasteiger partial charge < -0.3 is 9.80 Å². The van der Waals surface area contributed by atoms with Gasteiger partial charge in [0.2, 0.25) is 5.91 Å². The highest BCUT2D eigenvalue weighted by Gasteiger charge is 2.37. The molecule has 0 aliphatic carbocycles. The minimum absolute atomic E-state index is 0.0895. The Morgan fingerprint density at radius 3 is 2.58 bits per heavy atom. The van der Waals surface area contributed by atoms with Crippen LogP contribution in [0.3, 0.4) is 0 Å². The van der Waals surface area contributed by atoms with E-state index in [1.54, 1.807) is 12.3 Å². The Kier molecular flexibility index (Phi) is 3.54. The smallest absolute Gasteiger partial charge is 0.229 e. The van der Waals surface area contributed by atoms with Gasteiger partial charge >= 0.3 is 0 Å². The first-order chi connectivity index (χ1) is 9.15. The van der Waals surface area contributed by atoms with Crippen LogP contribution in [0, 0.1) is 5.92 Å². The molecule has 6 heteroatoms. The van der Waals surface area contributed by atoms with Crippen molar-refractivity contribution in [3.05, 3.63) is 22.3 Å². The van der Waals surface area contributed by atoms with Crippen LogP contribution in [0.25, 0.3) is 0 Å². The van der Waals surface area contributed by atoms with E-state index in [0.717, 1.165) is 31.7 Å². The third-order valence-corrected chi connectivity index (χ3v) is 4.22. The van der Waals surface area contributed by atoms with Crippen molar-refractivity contribution in [2.45, 2.75) is 12.8 Å². The summed E-state index contributed by atoms with van der Waals surface area (Å²) in [6, 6.07) is 1.68. The third-order valence-electron chi connectivity index (χ3n) is 3.74. The van der Waals surface area contributed by atoms with E-state index in [4.69, 9.17) is 23.2 Å². The molecule has 2 aliphatic rings. The van der Waals surface area contributed by atoms with Crippen molar-refractivity contribution in [1.29, 1.82) is 0 Å². The standard InChI is InChI=1S/C13H15Cl2N3O/c14-10-5-11(15)12(16-6-10)18-7-9(8-18)13(19)17-3-1-2-4-17/h5-6,9H,1-4,7-8H2. The molecule has 0 unspecified atom stereocenters. The van der Waals surface area contributed by atoms with Gasteiger partial charge in [-0.2, -0.15) is 0 Å². The van der Waals surface area contributed by atoms with Crippen LogP contribution < -0.4 is 4.90 Å². The Hall–Kier alpha value is -1.00. The summed E-state index contributed by atoms with van der Waals surface area (Å²) in [6.45, 7) is 3.22. The van der Waals surface area contributed by atoms with Gasteiger partial charge in [0.1, 0.15) is 5.82 Å². The van der Waals surface area contributed by atoms with E-state index in [0.29, 0.717) is 23.1 Å². The second kappa shape index (κ2) is 5.17. The first-order valence-electron chi connectivity index (χ1n) is 6.50. The summed E-state index contributed by atoms with van der Waals surface area (Å²) in [5.74, 6) is 1.09. The lowest BCUT2D eigenvalue weighted by Gasteiger charge is -2.41. The van der Waals surface area contributed by atoms with Crippen LogP contribution in [0.2, 0.25) is 10.0 Å². The van der Waals surface area contributed by atoms with Crippen molar-refractivity contribution in [1.82, 2.24) is 9.88 Å². The molecule has 3 heterocycles. The van der Waals surface area contributed by atoms with Crippen LogP contribution in [-0.2, 0) is 4.79 Å². The van der Waals surface area contributed by atoms with E-state index < -0.39 is 0 Å². The van der Waals surface area contributed by atoms with Gasteiger partial charge in [0.15, 0.2) is 0 Å². The zero-order chi connectivity index (χ0) is 13.4. The summed E-state index contributed by atoms with van der Waals surface area (Å²) in [5, 5.41) is 1.07. The van der Waals surface area contributed by atoms with Crippen LogP contribution in [0.4, 0.5) is 5.82 Å². The molecule has 2 fully saturated rings. The fourth-order valence-corrected chi connectivity index (χ4v) is 3.14. The first-order valence-corrected chi connectivity index (χ1v) is 7.25. The van der Waals surface area contributed by atoms with Crippen molar-refractivity contribution in [3.63, 3.8) is 0 Å². The maximum atomic E-state index is 12.2. The largest absolute Gasteiger partial charge is 0.354 e. The molecule has 4 nitrogen and oxygen atoms in total. The second-order valence-corrected chi connectivity index (χ2v) is 5.94. The molecule has 0 radical (unpaired) electrons. The molecule has 2 saturated heterocycles. The van der Waals surface area contributed by atoms with Gasteiger partial charge in [-0.1, -0.05) is 23.2 Å². The summed E-state index contributed by atoms with van der Waals surface area (Å²) in [7, 11) is 0. The maximum absolute atomic E-state index is 12.2. The number of carbonyl (C=O) groups is 1. The Bertz CT molecular complexity index is 497. The van der Waals surface area contributed by atoms with Crippen molar-refractivity contribution in [3.8, 4) is 0 Å². The number of carbonyl (C=O) groups excluding carboxylic acids is 1. The van der Waals surface area contributed by atoms with E-state index >= 15 is 0 Å². The zero-order valence-corrected chi connectivity index (χ0v) is 12.0. The number of aromatic nitrogens is 1. The lowest BCUT2D eigenvalue weighted by molar-refractivity contribution is -0.135. The number of likely N-dealkylation sites (tertiary alicyclic amines) is 1. The first kappa shape index (κ1) is 13.0. The molecular formula is C13H15Cl2N3O. The van der Waals surface area contributed by atoms with Crippen LogP contribution in [0.15, 0.2) is 12.3 Å². The van der Waals surface area contributed by atoms with E-state index in [-0.39, 0.29) is 11.8 Å². The van der Waals surface area contributed by atoms with Crippen molar-refractivity contribution in [2.24, 2.45) is 5.92 Å². The predicted octanol–water partition coefficient (Wildman–Crippen LogP) is 2.45. The Balaban J connectivity index is 1.61. The normalized spacial score (nSPS) is 19.7. The van der Waals surface area contributed by atoms with Gasteiger partial charge in [-0.05, 0) is 18.9 Å². The highest BCUT2D eigenvalue weighted by atomic mass is 35.5. The predicted molar refractivity (Wildman–Crippen MR) is 75.8 cm³/mol. The highest BCUT2D eigenvalue weighted by molar-refractivity contribution is 6.36. The molecule has 0 aromatic carbocycles. The summed E-state index contributed by atoms with van der Waals surface area (Å²) in [4.78, 5) is 20.4. The van der Waals surface area contributed by atoms with E-state index in [1.807, 2.05) is 9.80 Å². The fourth-order valence-electron chi connectivity index (χ4n) is 2.64. The number of anilines is 1. The summed E-state index contributed by atoms with van der Waals surface area (Å²) < 4.78 is 0. The highest BCUT2D eigenvalue weighted by Crippen LogP contribution is 2.31. The number of pyridine rings is 1. The number of amides is 1.